The maximum Gasteiger partial charge on any atom is 0.204 e. The standard InChI is InChI=1S/C10H6ClNOS/c11-9-4-3-8(14-9)10(13)7-2-1-5-12-6-7/h1-6H. The number of pyridine rings is 1. The van der Waals surface area contributed by atoms with Gasteiger partial charge >= 0.3 is 0 Å². The number of hydrogen-bond acceptors (Lipinski definition) is 3. The Labute approximate surface area is 90.2 Å². The second-order valence-corrected chi connectivity index (χ2v) is 4.39. The second-order valence-electron chi connectivity index (χ2n) is 2.67. The molecule has 4 heteroatoms. The summed E-state index contributed by atoms with van der Waals surface area (Å²) >= 11 is 7.02. The van der Waals surface area contributed by atoms with E-state index in [1.54, 1.807) is 36.7 Å². The summed E-state index contributed by atoms with van der Waals surface area (Å²) in [6.45, 7) is 0. The van der Waals surface area contributed by atoms with Crippen LogP contribution in [0.4, 0.5) is 0 Å². The molecule has 0 fully saturated rings. The summed E-state index contributed by atoms with van der Waals surface area (Å²) in [5.74, 6) is -0.0324. The lowest BCUT2D eigenvalue weighted by Crippen LogP contribution is -1.98. The minimum absolute atomic E-state index is 0.0324. The van der Waals surface area contributed by atoms with Crippen molar-refractivity contribution in [1.82, 2.24) is 4.98 Å². The summed E-state index contributed by atoms with van der Waals surface area (Å²) in [6, 6.07) is 6.92. The highest BCUT2D eigenvalue weighted by molar-refractivity contribution is 7.18. The Balaban J connectivity index is 2.34. The number of ketones is 1. The molecule has 14 heavy (non-hydrogen) atoms. The molecule has 0 saturated heterocycles. The molecule has 0 aliphatic heterocycles. The molecule has 0 spiro atoms. The van der Waals surface area contributed by atoms with Crippen LogP contribution < -0.4 is 0 Å². The summed E-state index contributed by atoms with van der Waals surface area (Å²) in [6.07, 6.45) is 3.19. The maximum absolute atomic E-state index is 11.8. The van der Waals surface area contributed by atoms with E-state index < -0.39 is 0 Å². The van der Waals surface area contributed by atoms with Crippen LogP contribution in [0.15, 0.2) is 36.7 Å². The van der Waals surface area contributed by atoms with Gasteiger partial charge in [-0.05, 0) is 24.3 Å². The fourth-order valence-corrected chi connectivity index (χ4v) is 2.08. The van der Waals surface area contributed by atoms with E-state index in [0.29, 0.717) is 14.8 Å². The number of aromatic nitrogens is 1. The van der Waals surface area contributed by atoms with Crippen LogP contribution in [0.3, 0.4) is 0 Å². The number of thiophene rings is 1. The van der Waals surface area contributed by atoms with Crippen LogP contribution in [0.2, 0.25) is 4.34 Å². The van der Waals surface area contributed by atoms with Gasteiger partial charge in [-0.2, -0.15) is 0 Å². The predicted molar refractivity (Wildman–Crippen MR) is 57.0 cm³/mol. The summed E-state index contributed by atoms with van der Waals surface area (Å²) in [5.41, 5.74) is 0.589. The lowest BCUT2D eigenvalue weighted by atomic mass is 10.2. The molecule has 0 amide bonds. The van der Waals surface area contributed by atoms with Gasteiger partial charge in [-0.1, -0.05) is 11.6 Å². The molecule has 0 bridgehead atoms. The third-order valence-electron chi connectivity index (χ3n) is 1.72. The Hall–Kier alpha value is -1.19. The molecule has 0 N–H and O–H groups in total. The van der Waals surface area contributed by atoms with Gasteiger partial charge in [0, 0.05) is 18.0 Å². The van der Waals surface area contributed by atoms with Gasteiger partial charge in [0.1, 0.15) is 0 Å². The van der Waals surface area contributed by atoms with Crippen molar-refractivity contribution >= 4 is 28.7 Å². The Morgan fingerprint density at radius 2 is 2.21 bits per heavy atom. The fourth-order valence-electron chi connectivity index (χ4n) is 1.08. The first kappa shape index (κ1) is 9.37. The first-order valence-corrected chi connectivity index (χ1v) is 5.17. The molecule has 2 aromatic heterocycles. The lowest BCUT2D eigenvalue weighted by Gasteiger charge is -1.95. The molecule has 0 unspecified atom stereocenters. The van der Waals surface area contributed by atoms with Gasteiger partial charge in [-0.25, -0.2) is 0 Å². The van der Waals surface area contributed by atoms with E-state index in [-0.39, 0.29) is 5.78 Å². The monoisotopic (exact) mass is 223 g/mol. The van der Waals surface area contributed by atoms with E-state index in [9.17, 15) is 4.79 Å². The van der Waals surface area contributed by atoms with Crippen molar-refractivity contribution in [1.29, 1.82) is 0 Å². The zero-order chi connectivity index (χ0) is 9.97. The zero-order valence-electron chi connectivity index (χ0n) is 7.11. The predicted octanol–water partition coefficient (Wildman–Crippen LogP) is 3.03. The quantitative estimate of drug-likeness (QED) is 0.733. The molecule has 0 radical (unpaired) electrons. The number of carbonyl (C=O) groups is 1. The number of halogens is 1. The highest BCUT2D eigenvalue weighted by Crippen LogP contribution is 2.23. The maximum atomic E-state index is 11.8. The van der Waals surface area contributed by atoms with Gasteiger partial charge in [0.15, 0.2) is 0 Å². The Morgan fingerprint density at radius 3 is 2.79 bits per heavy atom. The van der Waals surface area contributed by atoms with Gasteiger partial charge in [0.25, 0.3) is 0 Å². The Bertz CT molecular complexity index is 452. The largest absolute Gasteiger partial charge is 0.288 e. The van der Waals surface area contributed by atoms with Gasteiger partial charge in [0.2, 0.25) is 5.78 Å². The second kappa shape index (κ2) is 3.90. The number of rotatable bonds is 2. The number of carbonyl (C=O) groups excluding carboxylic acids is 1. The number of nitrogens with zero attached hydrogens (tertiary/aromatic N) is 1. The minimum atomic E-state index is -0.0324. The van der Waals surface area contributed by atoms with Crippen LogP contribution in [0.5, 0.6) is 0 Å². The Kier molecular flexibility index (Phi) is 2.61. The molecule has 0 atom stereocenters. The molecular weight excluding hydrogens is 218 g/mol. The van der Waals surface area contributed by atoms with Gasteiger partial charge < -0.3 is 0 Å². The van der Waals surface area contributed by atoms with Crippen molar-refractivity contribution in [3.05, 3.63) is 51.4 Å². The summed E-state index contributed by atoms with van der Waals surface area (Å²) in [4.78, 5) is 16.3. The Morgan fingerprint density at radius 1 is 1.36 bits per heavy atom. The molecule has 0 aliphatic carbocycles. The van der Waals surface area contributed by atoms with Crippen molar-refractivity contribution in [2.75, 3.05) is 0 Å². The van der Waals surface area contributed by atoms with E-state index in [1.165, 1.54) is 11.3 Å². The summed E-state index contributed by atoms with van der Waals surface area (Å²) < 4.78 is 0.622. The highest BCUT2D eigenvalue weighted by atomic mass is 35.5. The molecule has 70 valence electrons. The van der Waals surface area contributed by atoms with Crippen LogP contribution in [-0.4, -0.2) is 10.8 Å². The van der Waals surface area contributed by atoms with Crippen LogP contribution in [0.25, 0.3) is 0 Å². The molecule has 2 aromatic rings. The first-order valence-electron chi connectivity index (χ1n) is 3.97. The third-order valence-corrected chi connectivity index (χ3v) is 2.95. The van der Waals surface area contributed by atoms with Crippen LogP contribution in [-0.2, 0) is 0 Å². The van der Waals surface area contributed by atoms with Crippen molar-refractivity contribution < 1.29 is 4.79 Å². The zero-order valence-corrected chi connectivity index (χ0v) is 8.68. The van der Waals surface area contributed by atoms with E-state index in [1.807, 2.05) is 0 Å². The van der Waals surface area contributed by atoms with Crippen LogP contribution in [0, 0.1) is 0 Å². The summed E-state index contributed by atoms with van der Waals surface area (Å²) in [5, 5.41) is 0. The normalized spacial score (nSPS) is 10.1. The molecule has 2 heterocycles. The molecular formula is C10H6ClNOS. The highest BCUT2D eigenvalue weighted by Gasteiger charge is 2.10. The van der Waals surface area contributed by atoms with E-state index >= 15 is 0 Å². The van der Waals surface area contributed by atoms with Gasteiger partial charge in [0.05, 0.1) is 9.21 Å². The SMILES string of the molecule is O=C(c1cccnc1)c1ccc(Cl)s1. The average Bonchev–Trinajstić information content (AvgIpc) is 2.65. The third kappa shape index (κ3) is 1.84. The topological polar surface area (TPSA) is 30.0 Å². The minimum Gasteiger partial charge on any atom is -0.288 e. The summed E-state index contributed by atoms with van der Waals surface area (Å²) in [7, 11) is 0. The van der Waals surface area contributed by atoms with Crippen LogP contribution >= 0.6 is 22.9 Å². The fraction of sp³-hybridized carbons (Fsp3) is 0. The van der Waals surface area contributed by atoms with Gasteiger partial charge in [-0.3, -0.25) is 9.78 Å². The molecule has 0 saturated carbocycles. The molecule has 2 rings (SSSR count). The molecule has 0 aliphatic rings. The first-order chi connectivity index (χ1) is 6.77. The average molecular weight is 224 g/mol. The van der Waals surface area contributed by atoms with Gasteiger partial charge in [-0.15, -0.1) is 11.3 Å². The van der Waals surface area contributed by atoms with Crippen LogP contribution in [0.1, 0.15) is 15.2 Å². The van der Waals surface area contributed by atoms with Crippen molar-refractivity contribution in [2.45, 2.75) is 0 Å². The smallest absolute Gasteiger partial charge is 0.204 e. The van der Waals surface area contributed by atoms with E-state index in [2.05, 4.69) is 4.98 Å². The number of hydrogen-bond donors (Lipinski definition) is 0. The molecule has 0 aromatic carbocycles. The molecule has 2 nitrogen and oxygen atoms in total. The van der Waals surface area contributed by atoms with E-state index in [4.69, 9.17) is 11.6 Å². The van der Waals surface area contributed by atoms with E-state index in [0.717, 1.165) is 0 Å². The van der Waals surface area contributed by atoms with Crippen molar-refractivity contribution in [2.24, 2.45) is 0 Å². The van der Waals surface area contributed by atoms with Crippen molar-refractivity contribution in [3.63, 3.8) is 0 Å². The van der Waals surface area contributed by atoms with Crippen molar-refractivity contribution in [3.8, 4) is 0 Å². The lowest BCUT2D eigenvalue weighted by molar-refractivity contribution is 0.104.